The molecule has 0 bridgehead atoms. The lowest BCUT2D eigenvalue weighted by Gasteiger charge is -2.35. The van der Waals surface area contributed by atoms with Gasteiger partial charge in [0.05, 0.1) is 49.8 Å². The van der Waals surface area contributed by atoms with E-state index in [2.05, 4.69) is 24.3 Å². The lowest BCUT2D eigenvalue weighted by atomic mass is 10.1. The molecule has 276 valence electrons. The second-order valence-corrected chi connectivity index (χ2v) is 20.4. The monoisotopic (exact) mass is 808 g/mol. The number of thioether (sulfide) groups is 4. The molecule has 0 N–H and O–H groups in total. The molecule has 0 radical (unpaired) electrons. The van der Waals surface area contributed by atoms with Crippen LogP contribution in [0.25, 0.3) is 20.2 Å². The summed E-state index contributed by atoms with van der Waals surface area (Å²) in [6.07, 6.45) is 5.29. The van der Waals surface area contributed by atoms with Gasteiger partial charge in [0, 0.05) is 50.5 Å². The molecule has 0 amide bonds. The Balaban J connectivity index is 1.11. The summed E-state index contributed by atoms with van der Waals surface area (Å²) in [6, 6.07) is 12.7. The van der Waals surface area contributed by atoms with Gasteiger partial charge in [0.15, 0.2) is 23.0 Å². The first-order valence-corrected chi connectivity index (χ1v) is 22.6. The molecule has 0 atom stereocenters. The Morgan fingerprint density at radius 3 is 1.37 bits per heavy atom. The number of carbonyl (C=O) groups is 2. The summed E-state index contributed by atoms with van der Waals surface area (Å²) >= 11 is 11.3. The molecule has 8 nitrogen and oxygen atoms in total. The van der Waals surface area contributed by atoms with E-state index < -0.39 is 0 Å². The van der Waals surface area contributed by atoms with Crippen molar-refractivity contribution in [3.63, 3.8) is 0 Å². The topological polar surface area (TPSA) is 89.5 Å². The van der Waals surface area contributed by atoms with Crippen LogP contribution in [0.5, 0.6) is 23.0 Å². The van der Waals surface area contributed by atoms with Crippen LogP contribution in [0.2, 0.25) is 0 Å². The molecule has 0 aliphatic carbocycles. The SMILES string of the molecule is COC(=O)CCC1(c2cc3cc(OC)c(OCCCOc4cc5sc(C6(CCC(=O)OC)SCCCS6)cc5cc4OC)cc3s2)SCCCS1. The van der Waals surface area contributed by atoms with Crippen LogP contribution in [0.4, 0.5) is 0 Å². The molecule has 0 saturated carbocycles. The molecule has 0 spiro atoms. The van der Waals surface area contributed by atoms with Crippen molar-refractivity contribution >= 4 is 102 Å². The second-order valence-electron chi connectivity index (χ2n) is 12.1. The lowest BCUT2D eigenvalue weighted by Crippen LogP contribution is -2.23. The van der Waals surface area contributed by atoms with Crippen molar-refractivity contribution in [3.05, 3.63) is 46.2 Å². The average Bonchev–Trinajstić information content (AvgIpc) is 3.80. The summed E-state index contributed by atoms with van der Waals surface area (Å²) in [6.45, 7) is 0.916. The van der Waals surface area contributed by atoms with Gasteiger partial charge in [0.1, 0.15) is 0 Å². The van der Waals surface area contributed by atoms with E-state index in [1.165, 1.54) is 36.8 Å². The minimum Gasteiger partial charge on any atom is -0.493 e. The third-order valence-corrected chi connectivity index (χ3v) is 18.8. The van der Waals surface area contributed by atoms with E-state index in [1.54, 1.807) is 36.9 Å². The Hall–Kier alpha value is -2.10. The highest BCUT2D eigenvalue weighted by Crippen LogP contribution is 2.57. The van der Waals surface area contributed by atoms with Crippen molar-refractivity contribution in [3.8, 4) is 23.0 Å². The van der Waals surface area contributed by atoms with Crippen LogP contribution in [0, 0.1) is 0 Å². The van der Waals surface area contributed by atoms with E-state index >= 15 is 0 Å². The van der Waals surface area contributed by atoms with Crippen molar-refractivity contribution in [2.24, 2.45) is 0 Å². The molecule has 4 heterocycles. The van der Waals surface area contributed by atoms with Gasteiger partial charge in [-0.1, -0.05) is 0 Å². The fourth-order valence-electron chi connectivity index (χ4n) is 6.14. The molecule has 2 aliphatic rings. The number of rotatable bonds is 16. The lowest BCUT2D eigenvalue weighted by molar-refractivity contribution is -0.141. The zero-order valence-corrected chi connectivity index (χ0v) is 34.3. The number of esters is 2. The van der Waals surface area contributed by atoms with Gasteiger partial charge in [-0.3, -0.25) is 9.59 Å². The van der Waals surface area contributed by atoms with E-state index in [-0.39, 0.29) is 20.1 Å². The molecule has 2 saturated heterocycles. The Labute approximate surface area is 324 Å². The molecule has 2 fully saturated rings. The number of fused-ring (bicyclic) bond motifs is 2. The Kier molecular flexibility index (Phi) is 13.5. The van der Waals surface area contributed by atoms with Gasteiger partial charge in [-0.05, 0) is 83.7 Å². The van der Waals surface area contributed by atoms with E-state index in [4.69, 9.17) is 28.4 Å². The zero-order chi connectivity index (χ0) is 35.8. The maximum atomic E-state index is 12.1. The van der Waals surface area contributed by atoms with Gasteiger partial charge in [-0.2, -0.15) is 0 Å². The average molecular weight is 809 g/mol. The van der Waals surface area contributed by atoms with Crippen LogP contribution < -0.4 is 18.9 Å². The number of hydrogen-bond donors (Lipinski definition) is 0. The number of benzene rings is 2. The van der Waals surface area contributed by atoms with Crippen LogP contribution in [0.3, 0.4) is 0 Å². The molecule has 2 aliphatic heterocycles. The summed E-state index contributed by atoms with van der Waals surface area (Å²) in [5, 5.41) is 2.22. The fourth-order valence-corrected chi connectivity index (χ4v) is 15.8. The van der Waals surface area contributed by atoms with Crippen molar-refractivity contribution in [2.75, 3.05) is 64.7 Å². The predicted octanol–water partition coefficient (Wildman–Crippen LogP) is 9.93. The molecule has 2 aromatic carbocycles. The van der Waals surface area contributed by atoms with Gasteiger partial charge in [-0.25, -0.2) is 0 Å². The van der Waals surface area contributed by atoms with Crippen LogP contribution in [0.15, 0.2) is 36.4 Å². The molecular weight excluding hydrogens is 765 g/mol. The summed E-state index contributed by atoms with van der Waals surface area (Å²) < 4.78 is 35.9. The number of carbonyl (C=O) groups excluding carboxylic acids is 2. The standard InChI is InChI=1S/C37H44O8S6/c1-40-26-18-24-20-32(36(10-8-34(38)42-3)46-14-6-15-47-36)50-30(24)22-28(26)44-12-5-13-45-29-23-31-25(19-27(29)41-2)21-33(51-31)37(11-9-35(39)43-4)48-16-7-17-49-37/h18-23H,5-17H2,1-4H3. The molecule has 6 rings (SSSR count). The summed E-state index contributed by atoms with van der Waals surface area (Å²) in [5.41, 5.74) is 0. The number of methoxy groups -OCH3 is 4. The molecule has 2 aromatic heterocycles. The normalized spacial score (nSPS) is 16.9. The first-order chi connectivity index (χ1) is 24.8. The van der Waals surface area contributed by atoms with Crippen molar-refractivity contribution in [1.29, 1.82) is 0 Å². The van der Waals surface area contributed by atoms with Gasteiger partial charge in [0.25, 0.3) is 0 Å². The highest BCUT2D eigenvalue weighted by molar-refractivity contribution is 8.18. The smallest absolute Gasteiger partial charge is 0.305 e. The molecule has 4 aromatic rings. The maximum Gasteiger partial charge on any atom is 0.305 e. The van der Waals surface area contributed by atoms with Gasteiger partial charge >= 0.3 is 11.9 Å². The number of ether oxygens (including phenoxy) is 6. The highest BCUT2D eigenvalue weighted by atomic mass is 32.2. The first kappa shape index (κ1) is 38.6. The van der Waals surface area contributed by atoms with Crippen molar-refractivity contribution in [2.45, 2.75) is 53.1 Å². The van der Waals surface area contributed by atoms with Crippen molar-refractivity contribution in [1.82, 2.24) is 0 Å². The molecular formula is C37H44O8S6. The van der Waals surface area contributed by atoms with E-state index in [9.17, 15) is 9.59 Å². The Morgan fingerprint density at radius 2 is 1.00 bits per heavy atom. The molecule has 0 unspecified atom stereocenters. The van der Waals surface area contributed by atoms with E-state index in [0.29, 0.717) is 55.5 Å². The van der Waals surface area contributed by atoms with Gasteiger partial charge in [0.2, 0.25) is 0 Å². The highest BCUT2D eigenvalue weighted by Gasteiger charge is 2.39. The first-order valence-electron chi connectivity index (χ1n) is 17.0. The minimum absolute atomic E-state index is 0.157. The molecule has 51 heavy (non-hydrogen) atoms. The molecule has 14 heteroatoms. The fraction of sp³-hybridized carbons (Fsp3) is 0.514. The van der Waals surface area contributed by atoms with Crippen LogP contribution in [-0.2, 0) is 27.2 Å². The van der Waals surface area contributed by atoms with E-state index in [1.807, 2.05) is 59.2 Å². The quantitative estimate of drug-likeness (QED) is 0.0798. The Morgan fingerprint density at radius 1 is 0.588 bits per heavy atom. The maximum absolute atomic E-state index is 12.1. The van der Waals surface area contributed by atoms with E-state index in [0.717, 1.165) is 56.0 Å². The third-order valence-electron chi connectivity index (χ3n) is 8.85. The van der Waals surface area contributed by atoms with Crippen LogP contribution in [0.1, 0.15) is 54.7 Å². The van der Waals surface area contributed by atoms with Crippen LogP contribution >= 0.6 is 69.7 Å². The Bertz CT molecular complexity index is 1680. The zero-order valence-electron chi connectivity index (χ0n) is 29.4. The largest absolute Gasteiger partial charge is 0.493 e. The summed E-state index contributed by atoms with van der Waals surface area (Å²) in [7, 11) is 6.24. The van der Waals surface area contributed by atoms with Gasteiger partial charge in [-0.15, -0.1) is 69.7 Å². The van der Waals surface area contributed by atoms with Gasteiger partial charge < -0.3 is 28.4 Å². The van der Waals surface area contributed by atoms with Crippen molar-refractivity contribution < 1.29 is 38.0 Å². The second kappa shape index (κ2) is 17.8. The minimum atomic E-state index is -0.168. The number of hydrogen-bond acceptors (Lipinski definition) is 14. The summed E-state index contributed by atoms with van der Waals surface area (Å²) in [5.74, 6) is 6.77. The summed E-state index contributed by atoms with van der Waals surface area (Å²) in [4.78, 5) is 26.6. The predicted molar refractivity (Wildman–Crippen MR) is 217 cm³/mol. The number of thiophene rings is 2. The third kappa shape index (κ3) is 9.00. The van der Waals surface area contributed by atoms with Crippen LogP contribution in [-0.4, -0.2) is 76.6 Å².